The highest BCUT2D eigenvalue weighted by molar-refractivity contribution is 9.10. The van der Waals surface area contributed by atoms with Gasteiger partial charge in [-0.15, -0.1) is 0 Å². The summed E-state index contributed by atoms with van der Waals surface area (Å²) in [5.74, 6) is 0.795. The molecule has 1 aliphatic heterocycles. The van der Waals surface area contributed by atoms with Crippen LogP contribution in [0.1, 0.15) is 37.7 Å². The highest BCUT2D eigenvalue weighted by Gasteiger charge is 2.41. The number of nitrogens with zero attached hydrogens (tertiary/aromatic N) is 1. The van der Waals surface area contributed by atoms with E-state index in [1.54, 1.807) is 0 Å². The Morgan fingerprint density at radius 3 is 2.67 bits per heavy atom. The third kappa shape index (κ3) is 3.24. The molecule has 0 saturated heterocycles. The van der Waals surface area contributed by atoms with E-state index in [0.29, 0.717) is 11.4 Å². The van der Waals surface area contributed by atoms with Crippen molar-refractivity contribution >= 4 is 39.3 Å². The van der Waals surface area contributed by atoms with Crippen molar-refractivity contribution in [3.8, 4) is 0 Å². The third-order valence-electron chi connectivity index (χ3n) is 4.07. The van der Waals surface area contributed by atoms with Gasteiger partial charge >= 0.3 is 0 Å². The maximum atomic E-state index is 12.2. The third-order valence-corrected chi connectivity index (χ3v) is 4.74. The Morgan fingerprint density at radius 2 is 1.95 bits per heavy atom. The summed E-state index contributed by atoms with van der Waals surface area (Å²) in [4.78, 5) is 16.9. The molecule has 1 amide bonds. The quantitative estimate of drug-likeness (QED) is 0.838. The maximum Gasteiger partial charge on any atom is 0.266 e. The number of amides is 1. The molecule has 2 N–H and O–H groups in total. The van der Waals surface area contributed by atoms with Crippen molar-refractivity contribution in [3.63, 3.8) is 0 Å². The van der Waals surface area contributed by atoms with E-state index in [1.807, 2.05) is 18.2 Å². The molecular formula is C15H17BrClN3O. The molecular weight excluding hydrogens is 354 g/mol. The van der Waals surface area contributed by atoms with Gasteiger partial charge in [-0.2, -0.15) is 0 Å². The van der Waals surface area contributed by atoms with Gasteiger partial charge in [0.15, 0.2) is 0 Å². The molecule has 1 aromatic carbocycles. The summed E-state index contributed by atoms with van der Waals surface area (Å²) in [5, 5.41) is 0.687. The van der Waals surface area contributed by atoms with Crippen LogP contribution < -0.4 is 10.9 Å². The summed E-state index contributed by atoms with van der Waals surface area (Å²) in [5.41, 5.74) is 6.19. The topological polar surface area (TPSA) is 53.5 Å². The lowest BCUT2D eigenvalue weighted by atomic mass is 9.81. The first-order valence-electron chi connectivity index (χ1n) is 7.18. The fraction of sp³-hybridized carbons (Fsp3) is 0.467. The van der Waals surface area contributed by atoms with Crippen LogP contribution in [0, 0.1) is 0 Å². The normalized spacial score (nSPS) is 20.7. The van der Waals surface area contributed by atoms with E-state index >= 15 is 0 Å². The molecule has 1 heterocycles. The van der Waals surface area contributed by atoms with Crippen LogP contribution in [-0.4, -0.2) is 17.3 Å². The van der Waals surface area contributed by atoms with E-state index in [1.165, 1.54) is 6.42 Å². The summed E-state index contributed by atoms with van der Waals surface area (Å²) >= 11 is 9.52. The zero-order valence-electron chi connectivity index (χ0n) is 11.6. The standard InChI is InChI=1S/C15H17BrClN3O/c16-11-6-10(7-12(17)9-11)8-13-18-15(14(21)20-19-13)4-2-1-3-5-15/h6-7,9H,1-5,8H2,(H,18,19)(H,20,21). The lowest BCUT2D eigenvalue weighted by Crippen LogP contribution is -2.58. The molecule has 1 fully saturated rings. The molecule has 2 aliphatic rings. The van der Waals surface area contributed by atoms with Crippen LogP contribution in [0.3, 0.4) is 0 Å². The van der Waals surface area contributed by atoms with Gasteiger partial charge in [-0.05, 0) is 36.6 Å². The van der Waals surface area contributed by atoms with Gasteiger partial charge in [-0.1, -0.05) is 46.8 Å². The Balaban J connectivity index is 1.84. The number of carbonyl (C=O) groups excluding carboxylic acids is 1. The van der Waals surface area contributed by atoms with Crippen molar-refractivity contribution in [2.75, 3.05) is 0 Å². The Bertz CT molecular complexity index is 576. The molecule has 3 rings (SSSR count). The highest BCUT2D eigenvalue weighted by Crippen LogP contribution is 2.33. The molecule has 21 heavy (non-hydrogen) atoms. The van der Waals surface area contributed by atoms with Crippen LogP contribution in [0.2, 0.25) is 5.02 Å². The predicted molar refractivity (Wildman–Crippen MR) is 87.4 cm³/mol. The minimum Gasteiger partial charge on any atom is -0.285 e. The van der Waals surface area contributed by atoms with Gasteiger partial charge in [-0.25, -0.2) is 0 Å². The molecule has 4 nitrogen and oxygen atoms in total. The smallest absolute Gasteiger partial charge is 0.266 e. The van der Waals surface area contributed by atoms with Gasteiger partial charge < -0.3 is 0 Å². The van der Waals surface area contributed by atoms with E-state index in [-0.39, 0.29) is 5.91 Å². The summed E-state index contributed by atoms with van der Waals surface area (Å²) in [6.45, 7) is 0. The first-order valence-corrected chi connectivity index (χ1v) is 8.35. The zero-order chi connectivity index (χ0) is 14.9. The van der Waals surface area contributed by atoms with Crippen LogP contribution in [0.25, 0.3) is 0 Å². The van der Waals surface area contributed by atoms with Gasteiger partial charge in [0.1, 0.15) is 11.4 Å². The van der Waals surface area contributed by atoms with Crippen LogP contribution in [-0.2, 0) is 11.2 Å². The summed E-state index contributed by atoms with van der Waals surface area (Å²) < 4.78 is 0.942. The van der Waals surface area contributed by atoms with Gasteiger partial charge in [0.2, 0.25) is 0 Å². The molecule has 112 valence electrons. The maximum absolute atomic E-state index is 12.2. The first-order chi connectivity index (χ1) is 10.1. The van der Waals surface area contributed by atoms with Crippen molar-refractivity contribution in [1.82, 2.24) is 10.9 Å². The molecule has 1 spiro atoms. The van der Waals surface area contributed by atoms with E-state index in [9.17, 15) is 4.79 Å². The predicted octanol–water partition coefficient (Wildman–Crippen LogP) is 3.38. The van der Waals surface area contributed by atoms with Crippen LogP contribution >= 0.6 is 27.5 Å². The lowest BCUT2D eigenvalue weighted by molar-refractivity contribution is -0.128. The Kier molecular flexibility index (Phi) is 4.22. The average molecular weight is 371 g/mol. The second-order valence-electron chi connectivity index (χ2n) is 5.68. The number of aliphatic imine (C=N–C) groups is 1. The Morgan fingerprint density at radius 1 is 1.19 bits per heavy atom. The molecule has 1 saturated carbocycles. The monoisotopic (exact) mass is 369 g/mol. The summed E-state index contributed by atoms with van der Waals surface area (Å²) in [6, 6.07) is 5.78. The largest absolute Gasteiger partial charge is 0.285 e. The van der Waals surface area contributed by atoms with Crippen molar-refractivity contribution in [3.05, 3.63) is 33.3 Å². The number of nitrogens with one attached hydrogen (secondary N) is 2. The van der Waals surface area contributed by atoms with Gasteiger partial charge in [0.05, 0.1) is 0 Å². The second-order valence-corrected chi connectivity index (χ2v) is 7.04. The second kappa shape index (κ2) is 5.97. The molecule has 1 aliphatic carbocycles. The zero-order valence-corrected chi connectivity index (χ0v) is 13.9. The van der Waals surface area contributed by atoms with Crippen molar-refractivity contribution in [1.29, 1.82) is 0 Å². The number of benzene rings is 1. The van der Waals surface area contributed by atoms with E-state index in [0.717, 1.165) is 41.6 Å². The first kappa shape index (κ1) is 14.9. The minimum atomic E-state index is -0.561. The van der Waals surface area contributed by atoms with Crippen LogP contribution in [0.15, 0.2) is 27.7 Å². The number of hydrazine groups is 1. The van der Waals surface area contributed by atoms with Gasteiger partial charge in [0, 0.05) is 15.9 Å². The van der Waals surface area contributed by atoms with E-state index in [4.69, 9.17) is 16.6 Å². The molecule has 0 aromatic heterocycles. The number of halogens is 2. The lowest BCUT2D eigenvalue weighted by Gasteiger charge is -2.36. The summed E-state index contributed by atoms with van der Waals surface area (Å²) in [6.07, 6.45) is 5.61. The number of rotatable bonds is 2. The van der Waals surface area contributed by atoms with Crippen LogP contribution in [0.5, 0.6) is 0 Å². The molecule has 0 atom stereocenters. The SMILES string of the molecule is O=C1NNC(Cc2cc(Cl)cc(Br)c2)=NC12CCCCC2. The van der Waals surface area contributed by atoms with E-state index in [2.05, 4.69) is 26.8 Å². The molecule has 0 unspecified atom stereocenters. The van der Waals surface area contributed by atoms with Crippen molar-refractivity contribution < 1.29 is 4.79 Å². The van der Waals surface area contributed by atoms with Gasteiger partial charge in [-0.3, -0.25) is 20.6 Å². The fourth-order valence-corrected chi connectivity index (χ4v) is 3.98. The van der Waals surface area contributed by atoms with Crippen LogP contribution in [0.4, 0.5) is 0 Å². The van der Waals surface area contributed by atoms with Crippen molar-refractivity contribution in [2.24, 2.45) is 4.99 Å². The molecule has 1 aromatic rings. The highest BCUT2D eigenvalue weighted by atomic mass is 79.9. The Labute approximate surface area is 137 Å². The molecule has 0 bridgehead atoms. The number of carbonyl (C=O) groups is 1. The van der Waals surface area contributed by atoms with Gasteiger partial charge in [0.25, 0.3) is 5.91 Å². The van der Waals surface area contributed by atoms with E-state index < -0.39 is 5.54 Å². The number of amidine groups is 1. The number of hydrogen-bond donors (Lipinski definition) is 2. The number of hydrogen-bond acceptors (Lipinski definition) is 3. The minimum absolute atomic E-state index is 0.00164. The molecule has 6 heteroatoms. The van der Waals surface area contributed by atoms with Crippen molar-refractivity contribution in [2.45, 2.75) is 44.1 Å². The average Bonchev–Trinajstić information content (AvgIpc) is 2.43. The Hall–Kier alpha value is -1.07. The summed E-state index contributed by atoms with van der Waals surface area (Å²) in [7, 11) is 0. The fourth-order valence-electron chi connectivity index (χ4n) is 3.05. The molecule has 0 radical (unpaired) electrons.